The Bertz CT molecular complexity index is 771. The van der Waals surface area contributed by atoms with Gasteiger partial charge in [-0.05, 0) is 32.0 Å². The number of aromatic nitrogens is 1. The predicted molar refractivity (Wildman–Crippen MR) is 97.4 cm³/mol. The van der Waals surface area contributed by atoms with Crippen LogP contribution in [0.3, 0.4) is 0 Å². The molecule has 2 N–H and O–H groups in total. The van der Waals surface area contributed by atoms with E-state index < -0.39 is 0 Å². The van der Waals surface area contributed by atoms with E-state index in [1.807, 2.05) is 19.1 Å². The van der Waals surface area contributed by atoms with Crippen molar-refractivity contribution < 1.29 is 0 Å². The molecule has 2 aromatic rings. The van der Waals surface area contributed by atoms with E-state index in [0.717, 1.165) is 74.0 Å². The van der Waals surface area contributed by atoms with Crippen LogP contribution in [-0.4, -0.2) is 60.1 Å². The number of pyridine rings is 1. The lowest BCUT2D eigenvalue weighted by Crippen LogP contribution is -2.50. The minimum atomic E-state index is 0.123. The van der Waals surface area contributed by atoms with Gasteiger partial charge in [0.1, 0.15) is 0 Å². The maximum Gasteiger partial charge on any atom is 0.189 e. The molecule has 5 heteroatoms. The van der Waals surface area contributed by atoms with Crippen LogP contribution in [0.5, 0.6) is 0 Å². The summed E-state index contributed by atoms with van der Waals surface area (Å²) in [6.07, 6.45) is 1.28. The number of piperazine rings is 1. The molecule has 5 nitrogen and oxygen atoms in total. The number of fused-ring (bicyclic) bond motifs is 1. The van der Waals surface area contributed by atoms with Crippen molar-refractivity contribution in [2.24, 2.45) is 0 Å². The van der Waals surface area contributed by atoms with E-state index in [1.54, 1.807) is 6.07 Å². The van der Waals surface area contributed by atoms with Gasteiger partial charge in [0.25, 0.3) is 0 Å². The number of rotatable bonds is 3. The highest BCUT2D eigenvalue weighted by molar-refractivity contribution is 5.79. The number of aryl methyl sites for hydroxylation is 1. The second-order valence-electron chi connectivity index (χ2n) is 7.17. The third kappa shape index (κ3) is 3.24. The summed E-state index contributed by atoms with van der Waals surface area (Å²) in [5.41, 5.74) is 3.21. The van der Waals surface area contributed by atoms with E-state index in [1.165, 1.54) is 6.42 Å². The maximum atomic E-state index is 12.4. The molecular formula is C19H26N4O. The van der Waals surface area contributed by atoms with Gasteiger partial charge in [0.15, 0.2) is 5.43 Å². The summed E-state index contributed by atoms with van der Waals surface area (Å²) in [6.45, 7) is 9.55. The number of nitrogens with zero attached hydrogens (tertiary/aromatic N) is 2. The lowest BCUT2D eigenvalue weighted by atomic mass is 10.1. The third-order valence-corrected chi connectivity index (χ3v) is 5.39. The fourth-order valence-electron chi connectivity index (χ4n) is 3.98. The monoisotopic (exact) mass is 326 g/mol. The Morgan fingerprint density at radius 2 is 2.00 bits per heavy atom. The lowest BCUT2D eigenvalue weighted by Gasteiger charge is -2.37. The molecule has 0 amide bonds. The molecule has 2 fully saturated rings. The number of hydrogen-bond donors (Lipinski definition) is 2. The first-order chi connectivity index (χ1) is 11.7. The van der Waals surface area contributed by atoms with Crippen molar-refractivity contribution in [3.63, 3.8) is 0 Å². The molecule has 2 aliphatic rings. The van der Waals surface area contributed by atoms with Crippen LogP contribution in [0.2, 0.25) is 0 Å². The van der Waals surface area contributed by atoms with Crippen LogP contribution in [0, 0.1) is 6.92 Å². The molecule has 0 unspecified atom stereocenters. The maximum absolute atomic E-state index is 12.4. The highest BCUT2D eigenvalue weighted by atomic mass is 16.1. The molecule has 2 saturated heterocycles. The first-order valence-electron chi connectivity index (χ1n) is 8.99. The van der Waals surface area contributed by atoms with Gasteiger partial charge in [-0.1, -0.05) is 11.6 Å². The number of benzene rings is 1. The Labute approximate surface area is 142 Å². The van der Waals surface area contributed by atoms with Crippen molar-refractivity contribution in [1.82, 2.24) is 20.1 Å². The summed E-state index contributed by atoms with van der Waals surface area (Å²) in [7, 11) is 0. The van der Waals surface area contributed by atoms with Crippen molar-refractivity contribution in [1.29, 1.82) is 0 Å². The second kappa shape index (κ2) is 6.67. The summed E-state index contributed by atoms with van der Waals surface area (Å²) in [4.78, 5) is 20.9. The number of H-pyrrole nitrogens is 1. The predicted octanol–water partition coefficient (Wildman–Crippen LogP) is 1.32. The molecule has 24 heavy (non-hydrogen) atoms. The van der Waals surface area contributed by atoms with Gasteiger partial charge >= 0.3 is 0 Å². The van der Waals surface area contributed by atoms with Crippen LogP contribution in [0.4, 0.5) is 0 Å². The molecule has 0 radical (unpaired) electrons. The van der Waals surface area contributed by atoms with Crippen LogP contribution in [-0.2, 0) is 6.54 Å². The first kappa shape index (κ1) is 15.8. The van der Waals surface area contributed by atoms with Gasteiger partial charge in [-0.15, -0.1) is 0 Å². The second-order valence-corrected chi connectivity index (χ2v) is 7.17. The average Bonchev–Trinajstić information content (AvgIpc) is 3.11. The molecule has 0 spiro atoms. The third-order valence-electron chi connectivity index (χ3n) is 5.39. The molecule has 0 saturated carbocycles. The van der Waals surface area contributed by atoms with Gasteiger partial charge in [-0.3, -0.25) is 14.6 Å². The number of hydrogen-bond acceptors (Lipinski definition) is 4. The Hall–Kier alpha value is -1.69. The molecule has 1 aromatic heterocycles. The smallest absolute Gasteiger partial charge is 0.189 e. The molecule has 1 atom stereocenters. The fourth-order valence-corrected chi connectivity index (χ4v) is 3.98. The van der Waals surface area contributed by atoms with Crippen LogP contribution in [0.25, 0.3) is 10.9 Å². The normalized spacial score (nSPS) is 23.1. The Kier molecular flexibility index (Phi) is 4.39. The number of aromatic amines is 1. The van der Waals surface area contributed by atoms with Crippen molar-refractivity contribution in [3.05, 3.63) is 45.7 Å². The Balaban J connectivity index is 1.43. The highest BCUT2D eigenvalue weighted by Crippen LogP contribution is 2.15. The topological polar surface area (TPSA) is 51.4 Å². The van der Waals surface area contributed by atoms with E-state index >= 15 is 0 Å². The fraction of sp³-hybridized carbons (Fsp3) is 0.526. The standard InChI is InChI=1S/C19H26N4O/c1-14-2-3-18-17(10-14)19(24)11-15(21-18)13-22-6-8-23(9-7-22)16-4-5-20-12-16/h2-3,10-11,16,20H,4-9,12-13H2,1H3,(H,21,24)/t16-/m0/s1. The van der Waals surface area contributed by atoms with Crippen LogP contribution in [0.1, 0.15) is 17.7 Å². The van der Waals surface area contributed by atoms with Gasteiger partial charge in [-0.2, -0.15) is 0 Å². The zero-order valence-electron chi connectivity index (χ0n) is 14.3. The van der Waals surface area contributed by atoms with E-state index in [2.05, 4.69) is 26.2 Å². The summed E-state index contributed by atoms with van der Waals surface area (Å²) >= 11 is 0. The Morgan fingerprint density at radius 3 is 2.75 bits per heavy atom. The summed E-state index contributed by atoms with van der Waals surface area (Å²) in [5.74, 6) is 0. The summed E-state index contributed by atoms with van der Waals surface area (Å²) in [5, 5.41) is 4.24. The Morgan fingerprint density at radius 1 is 1.17 bits per heavy atom. The average molecular weight is 326 g/mol. The molecule has 0 aliphatic carbocycles. The zero-order valence-corrected chi connectivity index (χ0v) is 14.3. The molecule has 1 aromatic carbocycles. The SMILES string of the molecule is Cc1ccc2[nH]c(CN3CCN([C@H]4CCNC4)CC3)cc(=O)c2c1. The van der Waals surface area contributed by atoms with Gasteiger partial charge in [0, 0.05) is 68.0 Å². The highest BCUT2D eigenvalue weighted by Gasteiger charge is 2.26. The van der Waals surface area contributed by atoms with Gasteiger partial charge < -0.3 is 10.3 Å². The van der Waals surface area contributed by atoms with E-state index in [9.17, 15) is 4.79 Å². The minimum absolute atomic E-state index is 0.123. The van der Waals surface area contributed by atoms with Crippen molar-refractivity contribution in [3.8, 4) is 0 Å². The summed E-state index contributed by atoms with van der Waals surface area (Å²) in [6, 6.07) is 8.52. The molecule has 4 rings (SSSR count). The largest absolute Gasteiger partial charge is 0.357 e. The van der Waals surface area contributed by atoms with Gasteiger partial charge in [0.2, 0.25) is 0 Å². The molecule has 128 valence electrons. The first-order valence-corrected chi connectivity index (χ1v) is 8.99. The quantitative estimate of drug-likeness (QED) is 0.893. The van der Waals surface area contributed by atoms with E-state index in [-0.39, 0.29) is 5.43 Å². The van der Waals surface area contributed by atoms with Crippen molar-refractivity contribution in [2.75, 3.05) is 39.3 Å². The van der Waals surface area contributed by atoms with Crippen LogP contribution in [0.15, 0.2) is 29.1 Å². The van der Waals surface area contributed by atoms with E-state index in [4.69, 9.17) is 0 Å². The van der Waals surface area contributed by atoms with Gasteiger partial charge in [0.05, 0.1) is 0 Å². The molecule has 0 bridgehead atoms. The minimum Gasteiger partial charge on any atom is -0.357 e. The van der Waals surface area contributed by atoms with E-state index in [0.29, 0.717) is 0 Å². The number of nitrogens with one attached hydrogen (secondary N) is 2. The van der Waals surface area contributed by atoms with Crippen LogP contribution < -0.4 is 10.7 Å². The van der Waals surface area contributed by atoms with Gasteiger partial charge in [-0.25, -0.2) is 0 Å². The summed E-state index contributed by atoms with van der Waals surface area (Å²) < 4.78 is 0. The van der Waals surface area contributed by atoms with Crippen molar-refractivity contribution in [2.45, 2.75) is 25.9 Å². The van der Waals surface area contributed by atoms with Crippen molar-refractivity contribution >= 4 is 10.9 Å². The lowest BCUT2D eigenvalue weighted by molar-refractivity contribution is 0.0974. The molecular weight excluding hydrogens is 300 g/mol. The van der Waals surface area contributed by atoms with Crippen LogP contribution >= 0.6 is 0 Å². The molecule has 3 heterocycles. The zero-order chi connectivity index (χ0) is 16.5. The molecule has 2 aliphatic heterocycles.